The van der Waals surface area contributed by atoms with Crippen LogP contribution >= 0.6 is 11.6 Å². The highest BCUT2D eigenvalue weighted by Gasteiger charge is 2.24. The highest BCUT2D eigenvalue weighted by Crippen LogP contribution is 2.30. The van der Waals surface area contributed by atoms with Crippen molar-refractivity contribution in [2.24, 2.45) is 0 Å². The van der Waals surface area contributed by atoms with Gasteiger partial charge in [-0.25, -0.2) is 0 Å². The lowest BCUT2D eigenvalue weighted by Crippen LogP contribution is -2.23. The van der Waals surface area contributed by atoms with Gasteiger partial charge >= 0.3 is 0 Å². The number of hydrogen-bond donors (Lipinski definition) is 1. The standard InChI is InChI=1S/C12H17ClO/c1-4-12(14,5-2)10-7-6-9(3)11(13)8-10/h6-8,14H,4-5H2,1-3H3. The summed E-state index contributed by atoms with van der Waals surface area (Å²) >= 11 is 6.02. The van der Waals surface area contributed by atoms with Gasteiger partial charge in [-0.05, 0) is 37.0 Å². The Bertz CT molecular complexity index is 316. The molecule has 0 saturated carbocycles. The molecule has 78 valence electrons. The first-order valence-electron chi connectivity index (χ1n) is 5.02. The summed E-state index contributed by atoms with van der Waals surface area (Å²) < 4.78 is 0. The third-order valence-corrected chi connectivity index (χ3v) is 3.29. The van der Waals surface area contributed by atoms with Crippen molar-refractivity contribution in [1.82, 2.24) is 0 Å². The fourth-order valence-electron chi connectivity index (χ4n) is 1.54. The van der Waals surface area contributed by atoms with E-state index in [-0.39, 0.29) is 0 Å². The van der Waals surface area contributed by atoms with Gasteiger partial charge in [-0.3, -0.25) is 0 Å². The quantitative estimate of drug-likeness (QED) is 0.811. The molecule has 1 nitrogen and oxygen atoms in total. The van der Waals surface area contributed by atoms with Crippen molar-refractivity contribution in [1.29, 1.82) is 0 Å². The summed E-state index contributed by atoms with van der Waals surface area (Å²) in [6.07, 6.45) is 1.42. The monoisotopic (exact) mass is 212 g/mol. The third kappa shape index (κ3) is 2.10. The van der Waals surface area contributed by atoms with Gasteiger partial charge in [0.2, 0.25) is 0 Å². The maximum Gasteiger partial charge on any atom is 0.0891 e. The van der Waals surface area contributed by atoms with Crippen LogP contribution in [0.15, 0.2) is 18.2 Å². The van der Waals surface area contributed by atoms with Gasteiger partial charge in [0.25, 0.3) is 0 Å². The van der Waals surface area contributed by atoms with E-state index in [1.807, 2.05) is 39.0 Å². The van der Waals surface area contributed by atoms with Crippen LogP contribution < -0.4 is 0 Å². The van der Waals surface area contributed by atoms with Crippen LogP contribution in [0.1, 0.15) is 37.8 Å². The zero-order valence-corrected chi connectivity index (χ0v) is 9.73. The molecule has 0 heterocycles. The molecule has 2 heteroatoms. The van der Waals surface area contributed by atoms with Crippen LogP contribution in [0.25, 0.3) is 0 Å². The molecule has 0 atom stereocenters. The molecule has 0 aromatic heterocycles. The molecular weight excluding hydrogens is 196 g/mol. The van der Waals surface area contributed by atoms with E-state index in [4.69, 9.17) is 11.6 Å². The SMILES string of the molecule is CCC(O)(CC)c1ccc(C)c(Cl)c1. The Labute approximate surface area is 90.7 Å². The van der Waals surface area contributed by atoms with Gasteiger partial charge in [-0.2, -0.15) is 0 Å². The number of hydrogen-bond acceptors (Lipinski definition) is 1. The minimum absolute atomic E-state index is 0.711. The van der Waals surface area contributed by atoms with Gasteiger partial charge in [-0.1, -0.05) is 37.6 Å². The molecule has 0 saturated heterocycles. The molecule has 1 aromatic rings. The number of rotatable bonds is 3. The van der Waals surface area contributed by atoms with E-state index >= 15 is 0 Å². The van der Waals surface area contributed by atoms with Crippen molar-refractivity contribution in [3.8, 4) is 0 Å². The molecule has 0 aliphatic rings. The van der Waals surface area contributed by atoms with Crippen LogP contribution in [0.4, 0.5) is 0 Å². The number of aliphatic hydroxyl groups is 1. The van der Waals surface area contributed by atoms with E-state index in [2.05, 4.69) is 0 Å². The van der Waals surface area contributed by atoms with E-state index in [1.54, 1.807) is 0 Å². The second kappa shape index (κ2) is 4.33. The van der Waals surface area contributed by atoms with Crippen molar-refractivity contribution < 1.29 is 5.11 Å². The van der Waals surface area contributed by atoms with Crippen LogP contribution in [0.3, 0.4) is 0 Å². The predicted molar refractivity (Wildman–Crippen MR) is 60.7 cm³/mol. The summed E-state index contributed by atoms with van der Waals surface area (Å²) in [7, 11) is 0. The smallest absolute Gasteiger partial charge is 0.0891 e. The van der Waals surface area contributed by atoms with Crippen LogP contribution in [0, 0.1) is 6.92 Å². The zero-order valence-electron chi connectivity index (χ0n) is 8.97. The average Bonchev–Trinajstić information content (AvgIpc) is 2.21. The second-order valence-electron chi connectivity index (χ2n) is 3.70. The minimum Gasteiger partial charge on any atom is -0.385 e. The number of halogens is 1. The van der Waals surface area contributed by atoms with E-state index in [0.29, 0.717) is 12.8 Å². The van der Waals surface area contributed by atoms with Gasteiger partial charge in [0.05, 0.1) is 5.60 Å². The van der Waals surface area contributed by atoms with Crippen LogP contribution in [-0.4, -0.2) is 5.11 Å². The van der Waals surface area contributed by atoms with Gasteiger partial charge in [0.15, 0.2) is 0 Å². The first-order valence-corrected chi connectivity index (χ1v) is 5.40. The number of benzene rings is 1. The number of aryl methyl sites for hydroxylation is 1. The molecule has 1 rings (SSSR count). The fraction of sp³-hybridized carbons (Fsp3) is 0.500. The Morgan fingerprint density at radius 3 is 2.29 bits per heavy atom. The van der Waals surface area contributed by atoms with Crippen LogP contribution in [0.2, 0.25) is 5.02 Å². The molecule has 0 aliphatic heterocycles. The van der Waals surface area contributed by atoms with Crippen LogP contribution in [-0.2, 0) is 5.60 Å². The van der Waals surface area contributed by atoms with Crippen molar-refractivity contribution in [2.75, 3.05) is 0 Å². The molecule has 14 heavy (non-hydrogen) atoms. The Hall–Kier alpha value is -0.530. The van der Waals surface area contributed by atoms with Gasteiger partial charge in [0.1, 0.15) is 0 Å². The van der Waals surface area contributed by atoms with Gasteiger partial charge in [0, 0.05) is 5.02 Å². The summed E-state index contributed by atoms with van der Waals surface area (Å²) in [5.74, 6) is 0. The van der Waals surface area contributed by atoms with E-state index in [9.17, 15) is 5.11 Å². The Morgan fingerprint density at radius 1 is 1.29 bits per heavy atom. The van der Waals surface area contributed by atoms with Crippen molar-refractivity contribution in [3.63, 3.8) is 0 Å². The molecular formula is C12H17ClO. The highest BCUT2D eigenvalue weighted by molar-refractivity contribution is 6.31. The average molecular weight is 213 g/mol. The van der Waals surface area contributed by atoms with E-state index in [1.165, 1.54) is 0 Å². The summed E-state index contributed by atoms with van der Waals surface area (Å²) in [5.41, 5.74) is 1.24. The topological polar surface area (TPSA) is 20.2 Å². The van der Waals surface area contributed by atoms with Gasteiger partial charge < -0.3 is 5.11 Å². The first-order chi connectivity index (χ1) is 6.53. The molecule has 1 N–H and O–H groups in total. The molecule has 0 spiro atoms. The lowest BCUT2D eigenvalue weighted by Gasteiger charge is -2.26. The zero-order chi connectivity index (χ0) is 10.8. The lowest BCUT2D eigenvalue weighted by molar-refractivity contribution is 0.0284. The molecule has 0 amide bonds. The van der Waals surface area contributed by atoms with E-state index < -0.39 is 5.60 Å². The second-order valence-corrected chi connectivity index (χ2v) is 4.11. The van der Waals surface area contributed by atoms with Gasteiger partial charge in [-0.15, -0.1) is 0 Å². The largest absolute Gasteiger partial charge is 0.385 e. The Kier molecular flexibility index (Phi) is 3.57. The molecule has 0 radical (unpaired) electrons. The van der Waals surface area contributed by atoms with Crippen molar-refractivity contribution in [2.45, 2.75) is 39.2 Å². The van der Waals surface area contributed by atoms with Crippen LogP contribution in [0.5, 0.6) is 0 Å². The van der Waals surface area contributed by atoms with Crippen molar-refractivity contribution in [3.05, 3.63) is 34.3 Å². The summed E-state index contributed by atoms with van der Waals surface area (Å²) in [6, 6.07) is 5.77. The molecule has 0 fully saturated rings. The maximum absolute atomic E-state index is 10.3. The predicted octanol–water partition coefficient (Wildman–Crippen LogP) is 3.66. The molecule has 0 aliphatic carbocycles. The lowest BCUT2D eigenvalue weighted by atomic mass is 9.88. The fourth-order valence-corrected chi connectivity index (χ4v) is 1.72. The normalized spacial score (nSPS) is 11.8. The molecule has 1 aromatic carbocycles. The summed E-state index contributed by atoms with van der Waals surface area (Å²) in [4.78, 5) is 0. The summed E-state index contributed by atoms with van der Waals surface area (Å²) in [5, 5.41) is 11.0. The first kappa shape index (κ1) is 11.5. The molecule has 0 unspecified atom stereocenters. The van der Waals surface area contributed by atoms with E-state index in [0.717, 1.165) is 16.1 Å². The van der Waals surface area contributed by atoms with Crippen molar-refractivity contribution >= 4 is 11.6 Å². The Morgan fingerprint density at radius 2 is 1.86 bits per heavy atom. The molecule has 0 bridgehead atoms. The maximum atomic E-state index is 10.3. The third-order valence-electron chi connectivity index (χ3n) is 2.88. The minimum atomic E-state index is -0.725. The Balaban J connectivity index is 3.12. The highest BCUT2D eigenvalue weighted by atomic mass is 35.5. The summed E-state index contributed by atoms with van der Waals surface area (Å²) in [6.45, 7) is 5.93.